The van der Waals surface area contributed by atoms with E-state index in [2.05, 4.69) is 30.6 Å². The average molecular weight is 352 g/mol. The Hall–Kier alpha value is -3.49. The molecule has 2 N–H and O–H groups in total. The number of pyridine rings is 1. The normalized spacial score (nSPS) is 11.3. The van der Waals surface area contributed by atoms with Crippen LogP contribution in [-0.2, 0) is 6.54 Å². The maximum absolute atomic E-state index is 12.4. The maximum Gasteiger partial charge on any atom is 0.257 e. The number of nitrogens with zero attached hydrogens (tertiary/aromatic N) is 4. The number of aromatic amines is 1. The third-order valence-electron chi connectivity index (χ3n) is 3.86. The van der Waals surface area contributed by atoms with Gasteiger partial charge in [0.25, 0.3) is 11.6 Å². The number of hydrogen-bond acceptors (Lipinski definition) is 7. The smallest absolute Gasteiger partial charge is 0.257 e. The number of rotatable bonds is 5. The Morgan fingerprint density at radius 2 is 2.27 bits per heavy atom. The van der Waals surface area contributed by atoms with E-state index in [1.165, 1.54) is 6.20 Å². The van der Waals surface area contributed by atoms with Crippen molar-refractivity contribution in [1.82, 2.24) is 30.6 Å². The Morgan fingerprint density at radius 1 is 1.38 bits per heavy atom. The maximum atomic E-state index is 12.4. The van der Waals surface area contributed by atoms with E-state index < -0.39 is 0 Å². The molecule has 0 atom stereocenters. The van der Waals surface area contributed by atoms with E-state index in [1.807, 2.05) is 13.8 Å². The largest absolute Gasteiger partial charge is 0.461 e. The van der Waals surface area contributed by atoms with E-state index in [4.69, 9.17) is 8.94 Å². The van der Waals surface area contributed by atoms with Crippen molar-refractivity contribution < 1.29 is 13.7 Å². The molecule has 0 fully saturated rings. The third kappa shape index (κ3) is 2.94. The van der Waals surface area contributed by atoms with E-state index in [0.29, 0.717) is 28.7 Å². The van der Waals surface area contributed by atoms with E-state index in [-0.39, 0.29) is 18.4 Å². The molecule has 9 nitrogen and oxygen atoms in total. The molecular formula is C17H16N6O3. The highest BCUT2D eigenvalue weighted by molar-refractivity contribution is 5.97. The molecule has 132 valence electrons. The molecule has 0 spiro atoms. The lowest BCUT2D eigenvalue weighted by molar-refractivity contribution is 0.0949. The van der Waals surface area contributed by atoms with Crippen LogP contribution in [0.15, 0.2) is 39.6 Å². The van der Waals surface area contributed by atoms with Crippen LogP contribution < -0.4 is 5.32 Å². The number of hydrogen-bond donors (Lipinski definition) is 2. The van der Waals surface area contributed by atoms with Gasteiger partial charge < -0.3 is 14.3 Å². The summed E-state index contributed by atoms with van der Waals surface area (Å²) >= 11 is 0. The van der Waals surface area contributed by atoms with Crippen molar-refractivity contribution in [2.75, 3.05) is 0 Å². The van der Waals surface area contributed by atoms with Crippen molar-refractivity contribution in [3.8, 4) is 11.6 Å². The molecule has 26 heavy (non-hydrogen) atoms. The van der Waals surface area contributed by atoms with Crippen LogP contribution in [0.25, 0.3) is 22.7 Å². The van der Waals surface area contributed by atoms with Crippen LogP contribution in [0.4, 0.5) is 0 Å². The quantitative estimate of drug-likeness (QED) is 0.566. The number of carbonyl (C=O) groups is 1. The fourth-order valence-corrected chi connectivity index (χ4v) is 2.55. The lowest BCUT2D eigenvalue weighted by atomic mass is 10.1. The van der Waals surface area contributed by atoms with Gasteiger partial charge in [0.15, 0.2) is 5.76 Å². The van der Waals surface area contributed by atoms with Gasteiger partial charge in [0, 0.05) is 6.20 Å². The van der Waals surface area contributed by atoms with Crippen molar-refractivity contribution in [3.05, 3.63) is 47.7 Å². The van der Waals surface area contributed by atoms with Gasteiger partial charge in [0.05, 0.1) is 29.5 Å². The van der Waals surface area contributed by atoms with Crippen molar-refractivity contribution in [3.63, 3.8) is 0 Å². The molecule has 0 bridgehead atoms. The van der Waals surface area contributed by atoms with Crippen LogP contribution in [0.5, 0.6) is 0 Å². The van der Waals surface area contributed by atoms with Crippen LogP contribution in [0.2, 0.25) is 0 Å². The van der Waals surface area contributed by atoms with Gasteiger partial charge in [-0.15, -0.1) is 5.10 Å². The highest BCUT2D eigenvalue weighted by atomic mass is 16.5. The molecule has 0 saturated carbocycles. The first-order valence-electron chi connectivity index (χ1n) is 8.10. The Morgan fingerprint density at radius 3 is 3.04 bits per heavy atom. The van der Waals surface area contributed by atoms with Crippen LogP contribution in [0.3, 0.4) is 0 Å². The summed E-state index contributed by atoms with van der Waals surface area (Å²) in [5.74, 6) is 1.42. The second-order valence-corrected chi connectivity index (χ2v) is 6.06. The fraction of sp³-hybridized carbons (Fsp3) is 0.235. The highest BCUT2D eigenvalue weighted by Gasteiger charge is 2.16. The van der Waals surface area contributed by atoms with Gasteiger partial charge in [-0.2, -0.15) is 0 Å². The number of furan rings is 1. The van der Waals surface area contributed by atoms with Gasteiger partial charge in [-0.05, 0) is 24.1 Å². The molecule has 4 heterocycles. The summed E-state index contributed by atoms with van der Waals surface area (Å²) < 4.78 is 10.4. The zero-order valence-corrected chi connectivity index (χ0v) is 14.2. The van der Waals surface area contributed by atoms with Crippen LogP contribution >= 0.6 is 0 Å². The third-order valence-corrected chi connectivity index (χ3v) is 3.86. The van der Waals surface area contributed by atoms with Crippen molar-refractivity contribution in [2.24, 2.45) is 0 Å². The second kappa shape index (κ2) is 6.43. The number of carbonyl (C=O) groups excluding carboxylic acids is 1. The molecule has 4 aromatic rings. The fourth-order valence-electron chi connectivity index (χ4n) is 2.55. The lowest BCUT2D eigenvalue weighted by Gasteiger charge is -2.03. The first-order chi connectivity index (χ1) is 12.6. The average Bonchev–Trinajstić information content (AvgIpc) is 3.38. The Balaban J connectivity index is 1.48. The summed E-state index contributed by atoms with van der Waals surface area (Å²) in [7, 11) is 0. The van der Waals surface area contributed by atoms with Crippen molar-refractivity contribution >= 4 is 17.0 Å². The molecule has 0 aliphatic heterocycles. The summed E-state index contributed by atoms with van der Waals surface area (Å²) in [6, 6.07) is 5.25. The molecule has 4 rings (SSSR count). The molecule has 0 aliphatic carbocycles. The Bertz CT molecular complexity index is 1050. The Labute approximate surface area is 147 Å². The van der Waals surface area contributed by atoms with Crippen molar-refractivity contribution in [2.45, 2.75) is 26.3 Å². The molecule has 0 radical (unpaired) electrons. The molecule has 1 amide bonds. The second-order valence-electron chi connectivity index (χ2n) is 6.06. The minimum Gasteiger partial charge on any atom is -0.461 e. The summed E-state index contributed by atoms with van der Waals surface area (Å²) in [6.07, 6.45) is 3.01. The first kappa shape index (κ1) is 16.0. The number of amides is 1. The Kier molecular flexibility index (Phi) is 3.96. The van der Waals surface area contributed by atoms with Crippen LogP contribution in [-0.4, -0.2) is 31.2 Å². The zero-order chi connectivity index (χ0) is 18.1. The summed E-state index contributed by atoms with van der Waals surface area (Å²) in [6.45, 7) is 4.21. The number of aromatic nitrogens is 5. The van der Waals surface area contributed by atoms with E-state index >= 15 is 0 Å². The topological polar surface area (TPSA) is 123 Å². The highest BCUT2D eigenvalue weighted by Crippen LogP contribution is 2.24. The summed E-state index contributed by atoms with van der Waals surface area (Å²) in [5, 5.41) is 14.4. The van der Waals surface area contributed by atoms with Gasteiger partial charge in [-0.1, -0.05) is 19.0 Å². The molecule has 9 heteroatoms. The number of fused-ring (bicyclic) bond motifs is 1. The van der Waals surface area contributed by atoms with E-state index in [1.54, 1.807) is 24.5 Å². The van der Waals surface area contributed by atoms with Gasteiger partial charge in [0.2, 0.25) is 5.82 Å². The predicted molar refractivity (Wildman–Crippen MR) is 91.1 cm³/mol. The van der Waals surface area contributed by atoms with Crippen LogP contribution in [0.1, 0.15) is 41.6 Å². The molecule has 0 saturated heterocycles. The molecule has 4 aromatic heterocycles. The molecule has 0 aromatic carbocycles. The minimum atomic E-state index is -0.272. The van der Waals surface area contributed by atoms with E-state index in [0.717, 1.165) is 11.1 Å². The standard InChI is InChI=1S/C17H16N6O3/c1-9(2)14-11-6-10(7-19-17(11)26-23-14)16(24)18-8-13-20-15(22-21-13)12-4-3-5-25-12/h3-7,9H,8H2,1-2H3,(H,18,24)(H,20,21,22). The van der Waals surface area contributed by atoms with Crippen molar-refractivity contribution in [1.29, 1.82) is 0 Å². The zero-order valence-electron chi connectivity index (χ0n) is 14.2. The minimum absolute atomic E-state index is 0.172. The van der Waals surface area contributed by atoms with Gasteiger partial charge >= 0.3 is 0 Å². The van der Waals surface area contributed by atoms with Gasteiger partial charge in [0.1, 0.15) is 5.82 Å². The summed E-state index contributed by atoms with van der Waals surface area (Å²) in [5.41, 5.74) is 1.62. The monoisotopic (exact) mass is 352 g/mol. The van der Waals surface area contributed by atoms with E-state index in [9.17, 15) is 4.79 Å². The van der Waals surface area contributed by atoms with Crippen LogP contribution in [0, 0.1) is 0 Å². The first-order valence-corrected chi connectivity index (χ1v) is 8.10. The molecule has 0 aliphatic rings. The molecule has 0 unspecified atom stereocenters. The lowest BCUT2D eigenvalue weighted by Crippen LogP contribution is -2.23. The number of H-pyrrole nitrogens is 1. The SMILES string of the molecule is CC(C)c1noc2ncc(C(=O)NCc3nc(-c4ccco4)n[nH]3)cc12. The predicted octanol–water partition coefficient (Wildman–Crippen LogP) is 2.65. The number of nitrogens with one attached hydrogen (secondary N) is 2. The van der Waals surface area contributed by atoms with Gasteiger partial charge in [-0.25, -0.2) is 9.97 Å². The summed E-state index contributed by atoms with van der Waals surface area (Å²) in [4.78, 5) is 20.9. The molecular weight excluding hydrogens is 336 g/mol. The van der Waals surface area contributed by atoms with Gasteiger partial charge in [-0.3, -0.25) is 9.89 Å².